The number of benzene rings is 8. The first-order valence-corrected chi connectivity index (χ1v) is 19.5. The van der Waals surface area contributed by atoms with Gasteiger partial charge in [-0.2, -0.15) is 9.97 Å². The van der Waals surface area contributed by atoms with Crippen LogP contribution in [0.1, 0.15) is 0 Å². The molecule has 0 amide bonds. The summed E-state index contributed by atoms with van der Waals surface area (Å²) in [5.41, 5.74) is 12.5. The monoisotopic (exact) mass is 740 g/mol. The van der Waals surface area contributed by atoms with Crippen molar-refractivity contribution in [2.45, 2.75) is 0 Å². The van der Waals surface area contributed by atoms with Crippen LogP contribution in [0.4, 0.5) is 0 Å². The molecule has 12 rings (SSSR count). The molecule has 0 aliphatic rings. The Labute approximate surface area is 333 Å². The normalized spacial score (nSPS) is 11.8. The Kier molecular flexibility index (Phi) is 7.13. The molecule has 12 aromatic rings. The summed E-state index contributed by atoms with van der Waals surface area (Å²) in [6, 6.07) is 67.9. The van der Waals surface area contributed by atoms with Crippen molar-refractivity contribution in [2.75, 3.05) is 0 Å². The molecule has 0 unspecified atom stereocenters. The zero-order valence-corrected chi connectivity index (χ0v) is 31.2. The minimum atomic E-state index is 0.553. The van der Waals surface area contributed by atoms with Gasteiger partial charge in [-0.15, -0.1) is 0 Å². The van der Waals surface area contributed by atoms with Gasteiger partial charge < -0.3 is 0 Å². The van der Waals surface area contributed by atoms with Crippen LogP contribution in [-0.2, 0) is 0 Å². The van der Waals surface area contributed by atoms with Gasteiger partial charge in [0.05, 0.1) is 27.6 Å². The lowest BCUT2D eigenvalue weighted by Crippen LogP contribution is -2.06. The smallest absolute Gasteiger partial charge is 0.238 e. The van der Waals surface area contributed by atoms with Crippen LogP contribution in [0.15, 0.2) is 194 Å². The van der Waals surface area contributed by atoms with Crippen molar-refractivity contribution in [2.24, 2.45) is 0 Å². The predicted octanol–water partition coefficient (Wildman–Crippen LogP) is 12.7. The fourth-order valence-corrected chi connectivity index (χ4v) is 8.66. The Morgan fingerprint density at radius 1 is 0.310 bits per heavy atom. The van der Waals surface area contributed by atoms with Gasteiger partial charge in [0.25, 0.3) is 0 Å². The van der Waals surface area contributed by atoms with Gasteiger partial charge in [-0.3, -0.25) is 8.97 Å². The summed E-state index contributed by atoms with van der Waals surface area (Å²) >= 11 is 0. The zero-order valence-electron chi connectivity index (χ0n) is 31.2. The van der Waals surface area contributed by atoms with Crippen LogP contribution in [0.2, 0.25) is 0 Å². The Morgan fingerprint density at radius 3 is 1.45 bits per heavy atom. The van der Waals surface area contributed by atoms with Gasteiger partial charge in [-0.05, 0) is 51.9 Å². The molecule has 0 aliphatic carbocycles. The van der Waals surface area contributed by atoms with E-state index in [1.165, 1.54) is 5.39 Å². The van der Waals surface area contributed by atoms with E-state index in [0.717, 1.165) is 88.2 Å². The average Bonchev–Trinajstić information content (AvgIpc) is 3.86. The first-order valence-electron chi connectivity index (χ1n) is 19.5. The van der Waals surface area contributed by atoms with Gasteiger partial charge in [-0.1, -0.05) is 170 Å². The molecule has 0 N–H and O–H groups in total. The highest BCUT2D eigenvalue weighted by Gasteiger charge is 2.23. The second-order valence-corrected chi connectivity index (χ2v) is 14.7. The first kappa shape index (κ1) is 32.3. The molecule has 8 aromatic carbocycles. The lowest BCUT2D eigenvalue weighted by Gasteiger charge is -2.13. The summed E-state index contributed by atoms with van der Waals surface area (Å²) in [5.74, 6) is 1.76. The molecule has 0 fully saturated rings. The summed E-state index contributed by atoms with van der Waals surface area (Å²) in [6.07, 6.45) is 0. The predicted molar refractivity (Wildman–Crippen MR) is 237 cm³/mol. The molecule has 0 spiro atoms. The lowest BCUT2D eigenvalue weighted by atomic mass is 10.0. The van der Waals surface area contributed by atoms with Crippen LogP contribution >= 0.6 is 0 Å². The van der Waals surface area contributed by atoms with Crippen LogP contribution in [0.25, 0.3) is 111 Å². The zero-order chi connectivity index (χ0) is 38.2. The van der Waals surface area contributed by atoms with Gasteiger partial charge >= 0.3 is 0 Å². The van der Waals surface area contributed by atoms with E-state index in [2.05, 4.69) is 191 Å². The van der Waals surface area contributed by atoms with Crippen molar-refractivity contribution in [3.8, 4) is 51.0 Å². The van der Waals surface area contributed by atoms with E-state index in [9.17, 15) is 0 Å². The SMILES string of the molecule is c1ccc(-c2ccc(-c3nc(-c4ccc(-c5ccccc5)cc4)nc(-n4c5ccccc5c5c4ccc4c6ccccc6c6nc7ccccc7n6c45)n3)cc2)cc1. The van der Waals surface area contributed by atoms with E-state index in [1.807, 2.05) is 12.1 Å². The number of rotatable bonds is 5. The molecule has 270 valence electrons. The van der Waals surface area contributed by atoms with Crippen LogP contribution in [0.5, 0.6) is 0 Å². The summed E-state index contributed by atoms with van der Waals surface area (Å²) in [7, 11) is 0. The molecular weight excluding hydrogens is 709 g/mol. The van der Waals surface area contributed by atoms with Crippen molar-refractivity contribution >= 4 is 60.2 Å². The van der Waals surface area contributed by atoms with Crippen LogP contribution in [0.3, 0.4) is 0 Å². The highest BCUT2D eigenvalue weighted by molar-refractivity contribution is 6.26. The standard InChI is InChI=1S/C52H32N6/c1-3-13-33(14-4-1)35-23-27-37(28-24-35)49-54-50(38-29-25-36(26-30-38)34-15-5-2-6-16-34)56-52(55-49)57-44-21-11-9-19-42(44)47-46(57)32-31-40-39-17-7-8-18-41(39)51-53-43-20-10-12-22-45(43)58(51)48(40)47/h1-32H. The summed E-state index contributed by atoms with van der Waals surface area (Å²) in [6.45, 7) is 0. The van der Waals surface area contributed by atoms with Crippen LogP contribution in [0, 0.1) is 0 Å². The van der Waals surface area contributed by atoms with Crippen molar-refractivity contribution < 1.29 is 0 Å². The third-order valence-corrected chi connectivity index (χ3v) is 11.4. The highest BCUT2D eigenvalue weighted by Crippen LogP contribution is 2.41. The topological polar surface area (TPSA) is 60.9 Å². The van der Waals surface area contributed by atoms with Crippen LogP contribution in [-0.4, -0.2) is 28.9 Å². The number of hydrogen-bond donors (Lipinski definition) is 0. The van der Waals surface area contributed by atoms with Crippen molar-refractivity contribution in [1.29, 1.82) is 0 Å². The van der Waals surface area contributed by atoms with Crippen molar-refractivity contribution in [3.63, 3.8) is 0 Å². The van der Waals surface area contributed by atoms with E-state index in [4.69, 9.17) is 19.9 Å². The first-order chi connectivity index (χ1) is 28.8. The van der Waals surface area contributed by atoms with Crippen molar-refractivity contribution in [3.05, 3.63) is 194 Å². The van der Waals surface area contributed by atoms with Gasteiger partial charge in [0.15, 0.2) is 11.6 Å². The Balaban J connectivity index is 1.14. The number of para-hydroxylation sites is 3. The number of aromatic nitrogens is 6. The molecule has 0 atom stereocenters. The Morgan fingerprint density at radius 2 is 0.810 bits per heavy atom. The van der Waals surface area contributed by atoms with Crippen molar-refractivity contribution in [1.82, 2.24) is 28.9 Å². The average molecular weight is 741 g/mol. The summed E-state index contributed by atoms with van der Waals surface area (Å²) in [5, 5.41) is 5.69. The number of pyridine rings is 1. The van der Waals surface area contributed by atoms with Gasteiger partial charge in [-0.25, -0.2) is 9.97 Å². The van der Waals surface area contributed by atoms with Gasteiger partial charge in [0.2, 0.25) is 5.95 Å². The van der Waals surface area contributed by atoms with Gasteiger partial charge in [0, 0.05) is 32.7 Å². The van der Waals surface area contributed by atoms with E-state index < -0.39 is 0 Å². The maximum absolute atomic E-state index is 5.29. The number of fused-ring (bicyclic) bond motifs is 12. The molecule has 0 aliphatic heterocycles. The highest BCUT2D eigenvalue weighted by atomic mass is 15.2. The molecular formula is C52H32N6. The molecule has 0 bridgehead atoms. The van der Waals surface area contributed by atoms with E-state index in [0.29, 0.717) is 17.6 Å². The molecule has 0 radical (unpaired) electrons. The molecule has 6 nitrogen and oxygen atoms in total. The summed E-state index contributed by atoms with van der Waals surface area (Å²) < 4.78 is 4.55. The molecule has 4 aromatic heterocycles. The second kappa shape index (κ2) is 12.8. The molecule has 58 heavy (non-hydrogen) atoms. The second-order valence-electron chi connectivity index (χ2n) is 14.7. The van der Waals surface area contributed by atoms with E-state index in [-0.39, 0.29) is 0 Å². The molecule has 0 saturated heterocycles. The van der Waals surface area contributed by atoms with Gasteiger partial charge in [0.1, 0.15) is 5.65 Å². The minimum absolute atomic E-state index is 0.553. The molecule has 0 saturated carbocycles. The molecule has 4 heterocycles. The number of imidazole rings is 1. The fraction of sp³-hybridized carbons (Fsp3) is 0. The lowest BCUT2D eigenvalue weighted by molar-refractivity contribution is 0.953. The third kappa shape index (κ3) is 4.98. The minimum Gasteiger partial charge on any atom is -0.291 e. The van der Waals surface area contributed by atoms with Crippen LogP contribution < -0.4 is 0 Å². The summed E-state index contributed by atoms with van der Waals surface area (Å²) in [4.78, 5) is 20.9. The molecule has 6 heteroatoms. The largest absolute Gasteiger partial charge is 0.291 e. The number of nitrogens with zero attached hydrogens (tertiary/aromatic N) is 6. The quantitative estimate of drug-likeness (QED) is 0.165. The Hall–Kier alpha value is -7.96. The number of hydrogen-bond acceptors (Lipinski definition) is 4. The Bertz CT molecular complexity index is 3430. The maximum Gasteiger partial charge on any atom is 0.238 e. The fourth-order valence-electron chi connectivity index (χ4n) is 8.66. The van der Waals surface area contributed by atoms with E-state index in [1.54, 1.807) is 0 Å². The third-order valence-electron chi connectivity index (χ3n) is 11.4. The maximum atomic E-state index is 5.29. The van der Waals surface area contributed by atoms with E-state index >= 15 is 0 Å².